The van der Waals surface area contributed by atoms with Crippen molar-refractivity contribution in [3.05, 3.63) is 63.2 Å². The molecule has 0 bridgehead atoms. The quantitative estimate of drug-likeness (QED) is 0.614. The molecule has 0 saturated heterocycles. The Morgan fingerprint density at radius 1 is 1.22 bits per heavy atom. The predicted molar refractivity (Wildman–Crippen MR) is 83.7 cm³/mol. The first-order valence-electron chi connectivity index (χ1n) is 6.46. The van der Waals surface area contributed by atoms with Crippen LogP contribution in [0.2, 0.25) is 5.02 Å². The zero-order valence-electron chi connectivity index (χ0n) is 12.4. The number of hydrogen-bond donors (Lipinski definition) is 0. The maximum absolute atomic E-state index is 11.9. The van der Waals surface area contributed by atoms with E-state index in [2.05, 4.69) is 0 Å². The second-order valence-electron chi connectivity index (χ2n) is 4.48. The maximum Gasteiger partial charge on any atom is 0.313 e. The van der Waals surface area contributed by atoms with Crippen molar-refractivity contribution in [2.45, 2.75) is 0 Å². The van der Waals surface area contributed by atoms with Gasteiger partial charge in [-0.1, -0.05) is 11.6 Å². The summed E-state index contributed by atoms with van der Waals surface area (Å²) in [7, 11) is 2.87. The zero-order chi connectivity index (χ0) is 17.0. The normalized spacial score (nSPS) is 10.2. The molecule has 0 aliphatic rings. The van der Waals surface area contributed by atoms with Crippen LogP contribution in [-0.4, -0.2) is 30.1 Å². The van der Waals surface area contributed by atoms with Gasteiger partial charge in [-0.15, -0.1) is 0 Å². The molecule has 0 N–H and O–H groups in total. The average Bonchev–Trinajstić information content (AvgIpc) is 2.55. The van der Waals surface area contributed by atoms with Crippen molar-refractivity contribution in [2.24, 2.45) is 0 Å². The van der Waals surface area contributed by atoms with Crippen LogP contribution in [0.4, 0.5) is 5.69 Å². The Morgan fingerprint density at radius 3 is 2.43 bits per heavy atom. The van der Waals surface area contributed by atoms with Crippen LogP contribution in [0.5, 0.6) is 11.5 Å². The van der Waals surface area contributed by atoms with Crippen LogP contribution in [0.1, 0.15) is 10.4 Å². The van der Waals surface area contributed by atoms with Gasteiger partial charge in [-0.3, -0.25) is 19.7 Å². The van der Waals surface area contributed by atoms with E-state index >= 15 is 0 Å². The van der Waals surface area contributed by atoms with Gasteiger partial charge in [0.1, 0.15) is 5.75 Å². The third-order valence-corrected chi connectivity index (χ3v) is 3.24. The number of carbonyl (C=O) groups is 1. The molecule has 7 nitrogen and oxygen atoms in total. The Labute approximate surface area is 137 Å². The van der Waals surface area contributed by atoms with Crippen molar-refractivity contribution in [1.29, 1.82) is 0 Å². The minimum Gasteiger partial charge on any atom is -0.450 e. The third-order valence-electron chi connectivity index (χ3n) is 3.01. The van der Waals surface area contributed by atoms with Gasteiger partial charge in [-0.05, 0) is 36.4 Å². The molecule has 23 heavy (non-hydrogen) atoms. The van der Waals surface area contributed by atoms with Crippen molar-refractivity contribution in [3.8, 4) is 11.5 Å². The molecule has 0 fully saturated rings. The number of nitrogens with zero attached hydrogens (tertiary/aromatic N) is 2. The van der Waals surface area contributed by atoms with Crippen LogP contribution in [0.3, 0.4) is 0 Å². The van der Waals surface area contributed by atoms with E-state index in [9.17, 15) is 14.9 Å². The van der Waals surface area contributed by atoms with E-state index in [4.69, 9.17) is 21.2 Å². The molecular weight excluding hydrogens is 324 g/mol. The maximum atomic E-state index is 11.9. The molecule has 0 atom stereocenters. The number of rotatable bonds is 5. The molecular formula is C15H13ClN2O5. The summed E-state index contributed by atoms with van der Waals surface area (Å²) in [6.07, 6.45) is 0. The number of ether oxygens (including phenoxy) is 1. The fourth-order valence-electron chi connectivity index (χ4n) is 1.78. The lowest BCUT2D eigenvalue weighted by Crippen LogP contribution is -2.25. The molecule has 2 aromatic rings. The molecule has 2 aromatic carbocycles. The van der Waals surface area contributed by atoms with Crippen LogP contribution in [0, 0.1) is 10.1 Å². The minimum atomic E-state index is -0.577. The molecule has 0 unspecified atom stereocenters. The van der Waals surface area contributed by atoms with Gasteiger partial charge in [-0.25, -0.2) is 5.06 Å². The summed E-state index contributed by atoms with van der Waals surface area (Å²) in [5.74, 6) is 0.0936. The van der Waals surface area contributed by atoms with E-state index in [-0.39, 0.29) is 22.4 Å². The van der Waals surface area contributed by atoms with Gasteiger partial charge in [-0.2, -0.15) is 0 Å². The lowest BCUT2D eigenvalue weighted by Gasteiger charge is -2.13. The highest BCUT2D eigenvalue weighted by atomic mass is 35.5. The van der Waals surface area contributed by atoms with Crippen LogP contribution in [0.15, 0.2) is 42.5 Å². The standard InChI is InChI=1S/C15H13ClN2O5/c1-17(22-2)15(19)10-3-6-12(7-4-10)23-14-8-5-11(16)9-13(14)18(20)21/h3-9H,1-2H3. The number of amides is 1. The highest BCUT2D eigenvalue weighted by molar-refractivity contribution is 6.30. The van der Waals surface area contributed by atoms with Gasteiger partial charge < -0.3 is 4.74 Å². The molecule has 0 saturated carbocycles. The first-order valence-corrected chi connectivity index (χ1v) is 6.84. The Hall–Kier alpha value is -2.64. The number of hydrogen-bond acceptors (Lipinski definition) is 5. The van der Waals surface area contributed by atoms with Gasteiger partial charge in [0.2, 0.25) is 5.75 Å². The number of nitro benzene ring substituents is 1. The van der Waals surface area contributed by atoms with E-state index < -0.39 is 4.92 Å². The van der Waals surface area contributed by atoms with E-state index in [1.807, 2.05) is 0 Å². The molecule has 8 heteroatoms. The molecule has 0 aliphatic carbocycles. The molecule has 0 aromatic heterocycles. The SMILES string of the molecule is CON(C)C(=O)c1ccc(Oc2ccc(Cl)cc2[N+](=O)[O-])cc1. The van der Waals surface area contributed by atoms with E-state index in [0.717, 1.165) is 5.06 Å². The lowest BCUT2D eigenvalue weighted by molar-refractivity contribution is -0.385. The van der Waals surface area contributed by atoms with Crippen molar-refractivity contribution in [3.63, 3.8) is 0 Å². The molecule has 2 rings (SSSR count). The number of halogens is 1. The van der Waals surface area contributed by atoms with Gasteiger partial charge in [0.05, 0.1) is 12.0 Å². The zero-order valence-corrected chi connectivity index (χ0v) is 13.1. The fourth-order valence-corrected chi connectivity index (χ4v) is 1.94. The fraction of sp³-hybridized carbons (Fsp3) is 0.133. The summed E-state index contributed by atoms with van der Waals surface area (Å²) in [6.45, 7) is 0. The Kier molecular flexibility index (Phi) is 5.15. The minimum absolute atomic E-state index is 0.0625. The number of benzene rings is 2. The smallest absolute Gasteiger partial charge is 0.313 e. The number of hydroxylamine groups is 2. The van der Waals surface area contributed by atoms with Crippen LogP contribution in [-0.2, 0) is 4.84 Å². The van der Waals surface area contributed by atoms with Crippen LogP contribution >= 0.6 is 11.6 Å². The van der Waals surface area contributed by atoms with Crippen molar-refractivity contribution in [2.75, 3.05) is 14.2 Å². The summed E-state index contributed by atoms with van der Waals surface area (Å²) < 4.78 is 5.49. The highest BCUT2D eigenvalue weighted by Crippen LogP contribution is 2.33. The van der Waals surface area contributed by atoms with Crippen molar-refractivity contribution in [1.82, 2.24) is 5.06 Å². The number of carbonyl (C=O) groups excluding carboxylic acids is 1. The summed E-state index contributed by atoms with van der Waals surface area (Å²) >= 11 is 5.75. The topological polar surface area (TPSA) is 81.9 Å². The molecule has 0 radical (unpaired) electrons. The molecule has 1 amide bonds. The van der Waals surface area contributed by atoms with Gasteiger partial charge in [0.25, 0.3) is 5.91 Å². The van der Waals surface area contributed by atoms with E-state index in [1.54, 1.807) is 0 Å². The second kappa shape index (κ2) is 7.08. The molecule has 120 valence electrons. The van der Waals surface area contributed by atoms with Gasteiger partial charge in [0.15, 0.2) is 0 Å². The summed E-state index contributed by atoms with van der Waals surface area (Å²) in [6, 6.07) is 10.3. The first kappa shape index (κ1) is 16.7. The van der Waals surface area contributed by atoms with Crippen molar-refractivity contribution >= 4 is 23.2 Å². The van der Waals surface area contributed by atoms with Crippen molar-refractivity contribution < 1.29 is 19.3 Å². The largest absolute Gasteiger partial charge is 0.450 e. The van der Waals surface area contributed by atoms with Gasteiger partial charge >= 0.3 is 5.69 Å². The third kappa shape index (κ3) is 3.97. The lowest BCUT2D eigenvalue weighted by atomic mass is 10.2. The summed E-state index contributed by atoms with van der Waals surface area (Å²) in [4.78, 5) is 27.1. The predicted octanol–water partition coefficient (Wildman–Crippen LogP) is 3.67. The molecule has 0 heterocycles. The second-order valence-corrected chi connectivity index (χ2v) is 4.92. The number of nitro groups is 1. The monoisotopic (exact) mass is 336 g/mol. The van der Waals surface area contributed by atoms with E-state index in [1.165, 1.54) is 56.6 Å². The average molecular weight is 337 g/mol. The molecule has 0 aliphatic heterocycles. The van der Waals surface area contributed by atoms with Crippen LogP contribution < -0.4 is 4.74 Å². The van der Waals surface area contributed by atoms with Crippen LogP contribution in [0.25, 0.3) is 0 Å². The summed E-state index contributed by atoms with van der Waals surface area (Å²) in [5.41, 5.74) is 0.157. The molecule has 0 spiro atoms. The Morgan fingerprint density at radius 2 is 1.87 bits per heavy atom. The first-order chi connectivity index (χ1) is 10.9. The highest BCUT2D eigenvalue weighted by Gasteiger charge is 2.17. The van der Waals surface area contributed by atoms with Gasteiger partial charge in [0, 0.05) is 23.7 Å². The Balaban J connectivity index is 2.22. The van der Waals surface area contributed by atoms with E-state index in [0.29, 0.717) is 11.3 Å². The Bertz CT molecular complexity index is 733. The summed E-state index contributed by atoms with van der Waals surface area (Å²) in [5, 5.41) is 12.3.